The van der Waals surface area contributed by atoms with E-state index in [0.29, 0.717) is 12.5 Å². The van der Waals surface area contributed by atoms with Crippen molar-refractivity contribution in [1.29, 1.82) is 0 Å². The lowest BCUT2D eigenvalue weighted by Crippen LogP contribution is -2.35. The van der Waals surface area contributed by atoms with Crippen molar-refractivity contribution < 1.29 is 0 Å². The molecular weight excluding hydrogens is 350 g/mol. The molecule has 2 heterocycles. The largest absolute Gasteiger partial charge is 0.378 e. The maximum atomic E-state index is 12.7. The SMILES string of the molecule is CN(C)c1cccc(Nc2nc3c(c(=O)[nH]2)CN(Cc2ccccc2)CC3)c1. The molecule has 0 spiro atoms. The molecule has 2 N–H and O–H groups in total. The Morgan fingerprint density at radius 3 is 2.75 bits per heavy atom. The minimum absolute atomic E-state index is 0.0611. The molecule has 0 radical (unpaired) electrons. The average molecular weight is 375 g/mol. The van der Waals surface area contributed by atoms with Crippen molar-refractivity contribution in [3.63, 3.8) is 0 Å². The van der Waals surface area contributed by atoms with Crippen LogP contribution in [-0.2, 0) is 19.5 Å². The summed E-state index contributed by atoms with van der Waals surface area (Å²) in [5.41, 5.74) is 4.84. The van der Waals surface area contributed by atoms with Crippen LogP contribution in [0.25, 0.3) is 0 Å². The van der Waals surface area contributed by atoms with Crippen LogP contribution in [0.2, 0.25) is 0 Å². The summed E-state index contributed by atoms with van der Waals surface area (Å²) in [6.07, 6.45) is 0.776. The number of H-pyrrole nitrogens is 1. The van der Waals surface area contributed by atoms with Gasteiger partial charge in [-0.2, -0.15) is 0 Å². The molecule has 3 aromatic rings. The van der Waals surface area contributed by atoms with Gasteiger partial charge in [-0.05, 0) is 23.8 Å². The molecule has 0 unspecified atom stereocenters. The molecule has 144 valence electrons. The second kappa shape index (κ2) is 7.86. The third-order valence-electron chi connectivity index (χ3n) is 5.02. The van der Waals surface area contributed by atoms with Crippen LogP contribution in [0.15, 0.2) is 59.4 Å². The van der Waals surface area contributed by atoms with Gasteiger partial charge in [-0.3, -0.25) is 14.7 Å². The predicted molar refractivity (Wildman–Crippen MR) is 113 cm³/mol. The number of nitrogens with zero attached hydrogens (tertiary/aromatic N) is 3. The van der Waals surface area contributed by atoms with Crippen molar-refractivity contribution in [2.24, 2.45) is 0 Å². The molecule has 1 aliphatic heterocycles. The summed E-state index contributed by atoms with van der Waals surface area (Å²) >= 11 is 0. The molecule has 0 saturated carbocycles. The van der Waals surface area contributed by atoms with Crippen LogP contribution in [0.1, 0.15) is 16.8 Å². The van der Waals surface area contributed by atoms with Crippen molar-refractivity contribution in [2.45, 2.75) is 19.5 Å². The number of hydrogen-bond donors (Lipinski definition) is 2. The number of nitrogens with one attached hydrogen (secondary N) is 2. The van der Waals surface area contributed by atoms with Crippen molar-refractivity contribution in [2.75, 3.05) is 30.9 Å². The van der Waals surface area contributed by atoms with E-state index >= 15 is 0 Å². The quantitative estimate of drug-likeness (QED) is 0.717. The predicted octanol–water partition coefficient (Wildman–Crippen LogP) is 3.14. The minimum atomic E-state index is -0.0611. The van der Waals surface area contributed by atoms with Crippen LogP contribution in [0, 0.1) is 0 Å². The molecule has 0 saturated heterocycles. The average Bonchev–Trinajstić information content (AvgIpc) is 2.69. The van der Waals surface area contributed by atoms with E-state index in [-0.39, 0.29) is 5.56 Å². The summed E-state index contributed by atoms with van der Waals surface area (Å²) in [5, 5.41) is 3.23. The van der Waals surface area contributed by atoms with Crippen LogP contribution < -0.4 is 15.8 Å². The van der Waals surface area contributed by atoms with Gasteiger partial charge in [0, 0.05) is 51.5 Å². The minimum Gasteiger partial charge on any atom is -0.378 e. The van der Waals surface area contributed by atoms with E-state index in [9.17, 15) is 4.79 Å². The molecule has 1 aromatic heterocycles. The Morgan fingerprint density at radius 1 is 1.14 bits per heavy atom. The van der Waals surface area contributed by atoms with E-state index in [1.807, 2.05) is 61.5 Å². The van der Waals surface area contributed by atoms with E-state index in [0.717, 1.165) is 42.1 Å². The summed E-state index contributed by atoms with van der Waals surface area (Å²) in [6, 6.07) is 18.4. The molecular formula is C22H25N5O. The first-order valence-corrected chi connectivity index (χ1v) is 9.51. The number of aromatic nitrogens is 2. The van der Waals surface area contributed by atoms with Gasteiger partial charge >= 0.3 is 0 Å². The van der Waals surface area contributed by atoms with Crippen LogP contribution in [-0.4, -0.2) is 35.5 Å². The van der Waals surface area contributed by atoms with Gasteiger partial charge in [0.05, 0.1) is 11.3 Å². The lowest BCUT2D eigenvalue weighted by atomic mass is 10.1. The van der Waals surface area contributed by atoms with Gasteiger partial charge < -0.3 is 10.2 Å². The van der Waals surface area contributed by atoms with Gasteiger partial charge in [0.1, 0.15) is 0 Å². The zero-order chi connectivity index (χ0) is 19.5. The number of hydrogen-bond acceptors (Lipinski definition) is 5. The second-order valence-electron chi connectivity index (χ2n) is 7.36. The smallest absolute Gasteiger partial charge is 0.257 e. The molecule has 0 amide bonds. The Labute approximate surface area is 164 Å². The molecule has 1 aliphatic rings. The van der Waals surface area contributed by atoms with Crippen LogP contribution in [0.3, 0.4) is 0 Å². The Hall–Kier alpha value is -3.12. The zero-order valence-corrected chi connectivity index (χ0v) is 16.3. The zero-order valence-electron chi connectivity index (χ0n) is 16.3. The summed E-state index contributed by atoms with van der Waals surface area (Å²) in [6.45, 7) is 2.37. The first kappa shape index (κ1) is 18.3. The fourth-order valence-corrected chi connectivity index (χ4v) is 3.52. The van der Waals surface area contributed by atoms with Crippen LogP contribution in [0.5, 0.6) is 0 Å². The lowest BCUT2D eigenvalue weighted by molar-refractivity contribution is 0.242. The van der Waals surface area contributed by atoms with Gasteiger partial charge in [-0.25, -0.2) is 4.98 Å². The number of anilines is 3. The summed E-state index contributed by atoms with van der Waals surface area (Å²) in [4.78, 5) is 24.6. The summed E-state index contributed by atoms with van der Waals surface area (Å²) < 4.78 is 0. The Bertz CT molecular complexity index is 1010. The van der Waals surface area contributed by atoms with E-state index in [4.69, 9.17) is 0 Å². The third kappa shape index (κ3) is 4.07. The molecule has 0 bridgehead atoms. The van der Waals surface area contributed by atoms with Gasteiger partial charge in [-0.15, -0.1) is 0 Å². The second-order valence-corrected chi connectivity index (χ2v) is 7.36. The third-order valence-corrected chi connectivity index (χ3v) is 5.02. The number of fused-ring (bicyclic) bond motifs is 1. The Kier molecular flexibility index (Phi) is 5.12. The Morgan fingerprint density at radius 2 is 1.96 bits per heavy atom. The van der Waals surface area contributed by atoms with Crippen LogP contribution >= 0.6 is 0 Å². The van der Waals surface area contributed by atoms with Crippen LogP contribution in [0.4, 0.5) is 17.3 Å². The van der Waals surface area contributed by atoms with E-state index in [1.165, 1.54) is 5.56 Å². The number of benzene rings is 2. The first-order chi connectivity index (χ1) is 13.6. The highest BCUT2D eigenvalue weighted by Gasteiger charge is 2.21. The summed E-state index contributed by atoms with van der Waals surface area (Å²) in [7, 11) is 4.00. The summed E-state index contributed by atoms with van der Waals surface area (Å²) in [5.74, 6) is 0.496. The monoisotopic (exact) mass is 375 g/mol. The highest BCUT2D eigenvalue weighted by atomic mass is 16.1. The Balaban J connectivity index is 1.51. The molecule has 0 atom stereocenters. The highest BCUT2D eigenvalue weighted by molar-refractivity contribution is 5.61. The first-order valence-electron chi connectivity index (χ1n) is 9.51. The van der Waals surface area contributed by atoms with E-state index in [2.05, 4.69) is 32.3 Å². The van der Waals surface area contributed by atoms with Gasteiger partial charge in [-0.1, -0.05) is 36.4 Å². The fraction of sp³-hybridized carbons (Fsp3) is 0.273. The molecule has 6 nitrogen and oxygen atoms in total. The van der Waals surface area contributed by atoms with Crippen molar-refractivity contribution in [3.8, 4) is 0 Å². The molecule has 6 heteroatoms. The topological polar surface area (TPSA) is 64.3 Å². The molecule has 0 aliphatic carbocycles. The highest BCUT2D eigenvalue weighted by Crippen LogP contribution is 2.21. The maximum Gasteiger partial charge on any atom is 0.257 e. The van der Waals surface area contributed by atoms with Crippen molar-refractivity contribution in [1.82, 2.24) is 14.9 Å². The fourth-order valence-electron chi connectivity index (χ4n) is 3.52. The molecule has 28 heavy (non-hydrogen) atoms. The van der Waals surface area contributed by atoms with Gasteiger partial charge in [0.15, 0.2) is 0 Å². The van der Waals surface area contributed by atoms with Crippen molar-refractivity contribution in [3.05, 3.63) is 81.8 Å². The molecule has 4 rings (SSSR count). The number of rotatable bonds is 5. The van der Waals surface area contributed by atoms with E-state index in [1.54, 1.807) is 0 Å². The standard InChI is InChI=1S/C22H25N5O/c1-26(2)18-10-6-9-17(13-18)23-22-24-20-11-12-27(15-19(20)21(28)25-22)14-16-7-4-3-5-8-16/h3-10,13H,11-12,14-15H2,1-2H3,(H2,23,24,25,28). The maximum absolute atomic E-state index is 12.7. The normalized spacial score (nSPS) is 13.8. The van der Waals surface area contributed by atoms with E-state index < -0.39 is 0 Å². The molecule has 0 fully saturated rings. The van der Waals surface area contributed by atoms with Gasteiger partial charge in [0.25, 0.3) is 5.56 Å². The lowest BCUT2D eigenvalue weighted by Gasteiger charge is -2.27. The van der Waals surface area contributed by atoms with Gasteiger partial charge in [0.2, 0.25) is 5.95 Å². The van der Waals surface area contributed by atoms with Crippen molar-refractivity contribution >= 4 is 17.3 Å². The molecule has 2 aromatic carbocycles. The number of aromatic amines is 1.